The van der Waals surface area contributed by atoms with Crippen LogP contribution in [0.1, 0.15) is 341 Å². The fraction of sp³-hybridized carbons (Fsp3) is 0.905. The van der Waals surface area contributed by atoms with Gasteiger partial charge < -0.3 is 20.3 Å². The van der Waals surface area contributed by atoms with Crippen LogP contribution in [0, 0.1) is 0 Å². The molecule has 0 aromatic heterocycles. The number of carbonyl (C=O) groups is 2. The first-order valence-electron chi connectivity index (χ1n) is 31.1. The quantitative estimate of drug-likeness (QED) is 0.0321. The third-order valence-electron chi connectivity index (χ3n) is 14.5. The normalized spacial score (nSPS) is 12.7. The van der Waals surface area contributed by atoms with Gasteiger partial charge in [0.25, 0.3) is 0 Å². The molecule has 0 saturated carbocycles. The summed E-state index contributed by atoms with van der Waals surface area (Å²) in [6, 6.07) is -0.542. The third-order valence-corrected chi connectivity index (χ3v) is 14.5. The van der Waals surface area contributed by atoms with Crippen LogP contribution in [0.15, 0.2) is 24.3 Å². The minimum Gasteiger partial charge on any atom is -0.466 e. The second kappa shape index (κ2) is 58.9. The van der Waals surface area contributed by atoms with E-state index in [0.29, 0.717) is 25.9 Å². The highest BCUT2D eigenvalue weighted by Crippen LogP contribution is 2.17. The molecule has 0 aliphatic rings. The monoisotopic (exact) mass is 972 g/mol. The van der Waals surface area contributed by atoms with Crippen molar-refractivity contribution in [2.24, 2.45) is 0 Å². The molecule has 0 heterocycles. The van der Waals surface area contributed by atoms with Crippen LogP contribution in [-0.4, -0.2) is 47.4 Å². The van der Waals surface area contributed by atoms with E-state index in [1.54, 1.807) is 0 Å². The third kappa shape index (κ3) is 55.5. The zero-order valence-corrected chi connectivity index (χ0v) is 46.6. The Bertz CT molecular complexity index is 1080. The lowest BCUT2D eigenvalue weighted by Gasteiger charge is -2.22. The number of amides is 1. The molecule has 0 aliphatic carbocycles. The van der Waals surface area contributed by atoms with Crippen LogP contribution in [0.4, 0.5) is 0 Å². The number of aliphatic hydroxyl groups is 2. The molecular formula is C63H121NO5. The Hall–Kier alpha value is -1.66. The van der Waals surface area contributed by atoms with Crippen molar-refractivity contribution in [1.82, 2.24) is 5.32 Å². The summed E-state index contributed by atoms with van der Waals surface area (Å²) in [5.74, 6) is -0.0251. The topological polar surface area (TPSA) is 95.9 Å². The van der Waals surface area contributed by atoms with E-state index >= 15 is 0 Å². The molecule has 408 valence electrons. The SMILES string of the molecule is CCCCCCCCCCCCCCCC(=O)OCCCCCCCCCCC/C=C\C/C=C\CCCCCCCCCCCCCC(=O)NC(CO)C(O)CCCCCCCCCCCCCC. The molecule has 0 aliphatic heterocycles. The van der Waals surface area contributed by atoms with Gasteiger partial charge in [-0.2, -0.15) is 0 Å². The fourth-order valence-corrected chi connectivity index (χ4v) is 9.73. The largest absolute Gasteiger partial charge is 0.466 e. The Labute approximate surface area is 431 Å². The van der Waals surface area contributed by atoms with Crippen molar-refractivity contribution in [1.29, 1.82) is 0 Å². The minimum absolute atomic E-state index is 0.0124. The van der Waals surface area contributed by atoms with Gasteiger partial charge in [-0.05, 0) is 57.8 Å². The molecule has 0 spiro atoms. The van der Waals surface area contributed by atoms with Crippen LogP contribution in [0.3, 0.4) is 0 Å². The highest BCUT2D eigenvalue weighted by molar-refractivity contribution is 5.76. The second-order valence-corrected chi connectivity index (χ2v) is 21.4. The lowest BCUT2D eigenvalue weighted by molar-refractivity contribution is -0.143. The Morgan fingerprint density at radius 1 is 0.406 bits per heavy atom. The standard InChI is InChI=1S/C63H121NO5/c1-3-5-7-9-11-13-15-32-37-41-45-49-53-57-63(68)69-58-54-50-46-42-38-34-31-29-27-25-23-21-19-17-18-20-22-24-26-28-30-33-36-40-44-48-52-56-62(67)64-60(59-65)61(66)55-51-47-43-39-35-16-14-12-10-8-6-4-2/h17-18,21,23,60-61,65-66H,3-16,19-20,22,24-59H2,1-2H3,(H,64,67)/b18-17-,23-21-. The Balaban J connectivity index is 3.40. The summed E-state index contributed by atoms with van der Waals surface area (Å²) < 4.78 is 5.48. The van der Waals surface area contributed by atoms with E-state index in [1.165, 1.54) is 263 Å². The highest BCUT2D eigenvalue weighted by Gasteiger charge is 2.20. The zero-order valence-electron chi connectivity index (χ0n) is 46.6. The van der Waals surface area contributed by atoms with E-state index in [4.69, 9.17) is 4.74 Å². The molecule has 0 fully saturated rings. The molecule has 0 bridgehead atoms. The van der Waals surface area contributed by atoms with E-state index in [1.807, 2.05) is 0 Å². The van der Waals surface area contributed by atoms with E-state index < -0.39 is 12.1 Å². The molecule has 2 unspecified atom stereocenters. The molecule has 0 radical (unpaired) electrons. The van der Waals surface area contributed by atoms with Gasteiger partial charge >= 0.3 is 5.97 Å². The summed E-state index contributed by atoms with van der Waals surface area (Å²) in [7, 11) is 0. The Morgan fingerprint density at radius 2 is 0.725 bits per heavy atom. The molecule has 3 N–H and O–H groups in total. The molecule has 0 aromatic carbocycles. The highest BCUT2D eigenvalue weighted by atomic mass is 16.5. The van der Waals surface area contributed by atoms with Crippen molar-refractivity contribution in [2.45, 2.75) is 353 Å². The number of unbranched alkanes of at least 4 members (excludes halogenated alkanes) is 43. The number of hydrogen-bond acceptors (Lipinski definition) is 5. The molecule has 0 saturated heterocycles. The average Bonchev–Trinajstić information content (AvgIpc) is 3.35. The van der Waals surface area contributed by atoms with Crippen LogP contribution in [0.25, 0.3) is 0 Å². The van der Waals surface area contributed by atoms with E-state index in [9.17, 15) is 19.8 Å². The van der Waals surface area contributed by atoms with E-state index in [2.05, 4.69) is 43.5 Å². The van der Waals surface area contributed by atoms with Gasteiger partial charge in [-0.3, -0.25) is 9.59 Å². The van der Waals surface area contributed by atoms with Crippen LogP contribution in [0.2, 0.25) is 0 Å². The van der Waals surface area contributed by atoms with Gasteiger partial charge in [0.15, 0.2) is 0 Å². The number of hydrogen-bond donors (Lipinski definition) is 3. The van der Waals surface area contributed by atoms with Gasteiger partial charge in [0.1, 0.15) is 0 Å². The summed E-state index contributed by atoms with van der Waals surface area (Å²) in [5.41, 5.74) is 0. The van der Waals surface area contributed by atoms with Gasteiger partial charge in [0, 0.05) is 12.8 Å². The maximum absolute atomic E-state index is 12.5. The summed E-state index contributed by atoms with van der Waals surface area (Å²) in [6.45, 7) is 4.96. The summed E-state index contributed by atoms with van der Waals surface area (Å²) >= 11 is 0. The van der Waals surface area contributed by atoms with Crippen molar-refractivity contribution in [2.75, 3.05) is 13.2 Å². The van der Waals surface area contributed by atoms with E-state index in [0.717, 1.165) is 44.9 Å². The second-order valence-electron chi connectivity index (χ2n) is 21.4. The van der Waals surface area contributed by atoms with Crippen LogP contribution < -0.4 is 5.32 Å². The van der Waals surface area contributed by atoms with Crippen LogP contribution in [0.5, 0.6) is 0 Å². The predicted octanol–water partition coefficient (Wildman–Crippen LogP) is 19.4. The van der Waals surface area contributed by atoms with Crippen molar-refractivity contribution in [3.8, 4) is 0 Å². The van der Waals surface area contributed by atoms with Gasteiger partial charge in [-0.15, -0.1) is 0 Å². The molecule has 1 amide bonds. The number of allylic oxidation sites excluding steroid dienone is 4. The van der Waals surface area contributed by atoms with Crippen molar-refractivity contribution in [3.05, 3.63) is 24.3 Å². The lowest BCUT2D eigenvalue weighted by Crippen LogP contribution is -2.45. The first-order valence-corrected chi connectivity index (χ1v) is 31.1. The Kier molecular flexibility index (Phi) is 57.5. The maximum atomic E-state index is 12.5. The van der Waals surface area contributed by atoms with Crippen LogP contribution >= 0.6 is 0 Å². The maximum Gasteiger partial charge on any atom is 0.305 e. The van der Waals surface area contributed by atoms with Gasteiger partial charge in [0.2, 0.25) is 5.91 Å². The zero-order chi connectivity index (χ0) is 50.0. The molecule has 2 atom stereocenters. The van der Waals surface area contributed by atoms with E-state index in [-0.39, 0.29) is 18.5 Å². The van der Waals surface area contributed by atoms with Gasteiger partial charge in [-0.25, -0.2) is 0 Å². The molecular weight excluding hydrogens is 851 g/mol. The molecule has 69 heavy (non-hydrogen) atoms. The first kappa shape index (κ1) is 67.3. The van der Waals surface area contributed by atoms with Gasteiger partial charge in [0.05, 0.1) is 25.4 Å². The lowest BCUT2D eigenvalue weighted by atomic mass is 10.0. The average molecular weight is 973 g/mol. The number of ether oxygens (including phenoxy) is 1. The predicted molar refractivity (Wildman–Crippen MR) is 301 cm³/mol. The number of aliphatic hydroxyl groups excluding tert-OH is 2. The van der Waals surface area contributed by atoms with Crippen molar-refractivity contribution in [3.63, 3.8) is 0 Å². The molecule has 0 rings (SSSR count). The van der Waals surface area contributed by atoms with Crippen molar-refractivity contribution >= 4 is 11.9 Å². The fourth-order valence-electron chi connectivity index (χ4n) is 9.73. The van der Waals surface area contributed by atoms with Crippen molar-refractivity contribution < 1.29 is 24.5 Å². The Morgan fingerprint density at radius 3 is 1.10 bits per heavy atom. The number of rotatable bonds is 58. The van der Waals surface area contributed by atoms with Gasteiger partial charge in [-0.1, -0.05) is 295 Å². The number of nitrogens with one attached hydrogen (secondary N) is 1. The smallest absolute Gasteiger partial charge is 0.305 e. The summed E-state index contributed by atoms with van der Waals surface area (Å²) in [4.78, 5) is 24.5. The molecule has 6 nitrogen and oxygen atoms in total. The molecule has 0 aromatic rings. The minimum atomic E-state index is -0.665. The summed E-state index contributed by atoms with van der Waals surface area (Å²) in [6.07, 6.45) is 71.9. The molecule has 6 heteroatoms. The number of esters is 1. The van der Waals surface area contributed by atoms with Crippen LogP contribution in [-0.2, 0) is 14.3 Å². The first-order chi connectivity index (χ1) is 34.0. The summed E-state index contributed by atoms with van der Waals surface area (Å²) in [5, 5.41) is 23.2. The number of carbonyl (C=O) groups excluding carboxylic acids is 2.